The largest absolute Gasteiger partial charge is 0.338 e. The van der Waals surface area contributed by atoms with E-state index in [4.69, 9.17) is 4.98 Å². The van der Waals surface area contributed by atoms with Gasteiger partial charge in [-0.2, -0.15) is 0 Å². The zero-order chi connectivity index (χ0) is 20.3. The van der Waals surface area contributed by atoms with Gasteiger partial charge in [0.05, 0.1) is 16.8 Å². The van der Waals surface area contributed by atoms with Gasteiger partial charge in [0.1, 0.15) is 0 Å². The van der Waals surface area contributed by atoms with Crippen LogP contribution in [0.1, 0.15) is 43.6 Å². The Morgan fingerprint density at radius 3 is 2.25 bits per heavy atom. The first kappa shape index (κ1) is 20.1. The van der Waals surface area contributed by atoms with Crippen molar-refractivity contribution in [2.24, 2.45) is 11.8 Å². The predicted octanol–water partition coefficient (Wildman–Crippen LogP) is 5.96. The molecule has 0 N–H and O–H groups in total. The van der Waals surface area contributed by atoms with Crippen molar-refractivity contribution in [3.8, 4) is 11.3 Å². The summed E-state index contributed by atoms with van der Waals surface area (Å²) in [4.78, 5) is 20.4. The molecule has 3 rings (SSSR count). The van der Waals surface area contributed by atoms with E-state index in [1.807, 2.05) is 41.3 Å². The standard InChI is InChI=1S/C25H30N2O/c1-17(2)15-27(16-18(3)4)25(28)22-14-24(20-10-8-9-19(5)13-20)26-23-12-7-6-11-21(22)23/h6-14,17-18H,15-16H2,1-5H3. The van der Waals surface area contributed by atoms with Crippen molar-refractivity contribution in [3.63, 3.8) is 0 Å². The highest BCUT2D eigenvalue weighted by atomic mass is 16.2. The van der Waals surface area contributed by atoms with Crippen molar-refractivity contribution >= 4 is 16.8 Å². The van der Waals surface area contributed by atoms with Gasteiger partial charge in [-0.3, -0.25) is 4.79 Å². The van der Waals surface area contributed by atoms with E-state index in [-0.39, 0.29) is 5.91 Å². The van der Waals surface area contributed by atoms with Gasteiger partial charge >= 0.3 is 0 Å². The zero-order valence-corrected chi connectivity index (χ0v) is 17.6. The monoisotopic (exact) mass is 374 g/mol. The molecule has 0 bridgehead atoms. The Morgan fingerprint density at radius 1 is 0.929 bits per heavy atom. The first-order valence-electron chi connectivity index (χ1n) is 10.1. The summed E-state index contributed by atoms with van der Waals surface area (Å²) in [5, 5.41) is 0.918. The molecule has 0 fully saturated rings. The normalized spacial score (nSPS) is 11.4. The first-order chi connectivity index (χ1) is 13.3. The lowest BCUT2D eigenvalue weighted by atomic mass is 10.0. The van der Waals surface area contributed by atoms with Crippen LogP contribution in [0, 0.1) is 18.8 Å². The Balaban J connectivity index is 2.13. The van der Waals surface area contributed by atoms with Crippen LogP contribution in [-0.4, -0.2) is 28.9 Å². The molecule has 0 unspecified atom stereocenters. The summed E-state index contributed by atoms with van der Waals surface area (Å²) in [6, 6.07) is 18.2. The van der Waals surface area contributed by atoms with Crippen molar-refractivity contribution in [1.82, 2.24) is 9.88 Å². The SMILES string of the molecule is Cc1cccc(-c2cc(C(=O)N(CC(C)C)CC(C)C)c3ccccc3n2)c1. The lowest BCUT2D eigenvalue weighted by molar-refractivity contribution is 0.0717. The van der Waals surface area contributed by atoms with Gasteiger partial charge in [-0.15, -0.1) is 0 Å². The lowest BCUT2D eigenvalue weighted by Gasteiger charge is -2.27. The van der Waals surface area contributed by atoms with Crippen LogP contribution in [0.3, 0.4) is 0 Å². The Kier molecular flexibility index (Phi) is 6.13. The van der Waals surface area contributed by atoms with E-state index >= 15 is 0 Å². The van der Waals surface area contributed by atoms with Crippen molar-refractivity contribution in [2.45, 2.75) is 34.6 Å². The van der Waals surface area contributed by atoms with Gasteiger partial charge in [0.25, 0.3) is 5.91 Å². The molecular weight excluding hydrogens is 344 g/mol. The van der Waals surface area contributed by atoms with Gasteiger partial charge < -0.3 is 4.90 Å². The number of carbonyl (C=O) groups is 1. The molecule has 1 heterocycles. The third kappa shape index (κ3) is 4.59. The second-order valence-electron chi connectivity index (χ2n) is 8.44. The fourth-order valence-corrected chi connectivity index (χ4v) is 3.60. The number of rotatable bonds is 6. The number of hydrogen-bond acceptors (Lipinski definition) is 2. The molecule has 0 saturated heterocycles. The van der Waals surface area contributed by atoms with E-state index in [0.29, 0.717) is 11.8 Å². The second kappa shape index (κ2) is 8.55. The number of pyridine rings is 1. The quantitative estimate of drug-likeness (QED) is 0.533. The van der Waals surface area contributed by atoms with Crippen LogP contribution in [-0.2, 0) is 0 Å². The van der Waals surface area contributed by atoms with E-state index in [1.54, 1.807) is 0 Å². The summed E-state index contributed by atoms with van der Waals surface area (Å²) in [5.74, 6) is 0.939. The van der Waals surface area contributed by atoms with Gasteiger partial charge in [0, 0.05) is 24.0 Å². The minimum absolute atomic E-state index is 0.0925. The van der Waals surface area contributed by atoms with Gasteiger partial charge in [-0.05, 0) is 37.0 Å². The summed E-state index contributed by atoms with van der Waals surface area (Å²) in [6.45, 7) is 12.2. The molecule has 0 saturated carbocycles. The maximum absolute atomic E-state index is 13.6. The first-order valence-corrected chi connectivity index (χ1v) is 10.1. The number of hydrogen-bond donors (Lipinski definition) is 0. The lowest BCUT2D eigenvalue weighted by Crippen LogP contribution is -2.37. The fraction of sp³-hybridized carbons (Fsp3) is 0.360. The zero-order valence-electron chi connectivity index (χ0n) is 17.6. The van der Waals surface area contributed by atoms with Crippen LogP contribution in [0.15, 0.2) is 54.6 Å². The highest BCUT2D eigenvalue weighted by molar-refractivity contribution is 6.07. The van der Waals surface area contributed by atoms with Crippen molar-refractivity contribution in [3.05, 3.63) is 65.7 Å². The number of carbonyl (C=O) groups excluding carboxylic acids is 1. The van der Waals surface area contributed by atoms with Crippen LogP contribution < -0.4 is 0 Å². The molecule has 0 radical (unpaired) electrons. The number of benzene rings is 2. The van der Waals surface area contributed by atoms with Crippen molar-refractivity contribution in [1.29, 1.82) is 0 Å². The topological polar surface area (TPSA) is 33.2 Å². The van der Waals surface area contributed by atoms with Gasteiger partial charge in [-0.25, -0.2) is 4.98 Å². The Hall–Kier alpha value is -2.68. The highest BCUT2D eigenvalue weighted by Gasteiger charge is 2.21. The van der Waals surface area contributed by atoms with Crippen LogP contribution in [0.25, 0.3) is 22.2 Å². The number of aryl methyl sites for hydroxylation is 1. The molecule has 0 aliphatic carbocycles. The smallest absolute Gasteiger partial charge is 0.254 e. The maximum atomic E-state index is 13.6. The second-order valence-corrected chi connectivity index (χ2v) is 8.44. The number of aromatic nitrogens is 1. The molecule has 2 aromatic carbocycles. The van der Waals surface area contributed by atoms with Crippen molar-refractivity contribution < 1.29 is 4.79 Å². The summed E-state index contributed by atoms with van der Waals surface area (Å²) in [5.41, 5.74) is 4.67. The van der Waals surface area contributed by atoms with Crippen LogP contribution in [0.5, 0.6) is 0 Å². The average Bonchev–Trinajstić information content (AvgIpc) is 2.65. The molecule has 0 aliphatic heterocycles. The van der Waals surface area contributed by atoms with E-state index in [2.05, 4.69) is 52.8 Å². The van der Waals surface area contributed by atoms with Gasteiger partial charge in [-0.1, -0.05) is 69.7 Å². The third-order valence-electron chi connectivity index (χ3n) is 4.72. The van der Waals surface area contributed by atoms with Gasteiger partial charge in [0.2, 0.25) is 0 Å². The Morgan fingerprint density at radius 2 is 1.61 bits per heavy atom. The third-order valence-corrected chi connectivity index (χ3v) is 4.72. The molecule has 146 valence electrons. The van der Waals surface area contributed by atoms with Crippen LogP contribution in [0.2, 0.25) is 0 Å². The van der Waals surface area contributed by atoms with E-state index in [9.17, 15) is 4.79 Å². The number of amides is 1. The molecule has 0 aliphatic rings. The summed E-state index contributed by atoms with van der Waals surface area (Å²) >= 11 is 0. The molecule has 1 aromatic heterocycles. The van der Waals surface area contributed by atoms with E-state index in [1.165, 1.54) is 5.56 Å². The molecule has 3 heteroatoms. The summed E-state index contributed by atoms with van der Waals surface area (Å²) in [7, 11) is 0. The predicted molar refractivity (Wildman–Crippen MR) is 117 cm³/mol. The number of nitrogens with zero attached hydrogens (tertiary/aromatic N) is 2. The summed E-state index contributed by atoms with van der Waals surface area (Å²) < 4.78 is 0. The fourth-order valence-electron chi connectivity index (χ4n) is 3.60. The van der Waals surface area contributed by atoms with Gasteiger partial charge in [0.15, 0.2) is 0 Å². The molecule has 28 heavy (non-hydrogen) atoms. The maximum Gasteiger partial charge on any atom is 0.254 e. The molecule has 1 amide bonds. The molecule has 0 spiro atoms. The van der Waals surface area contributed by atoms with E-state index in [0.717, 1.165) is 40.8 Å². The number of fused-ring (bicyclic) bond motifs is 1. The molecular formula is C25H30N2O. The molecule has 0 atom stereocenters. The van der Waals surface area contributed by atoms with Crippen LogP contribution >= 0.6 is 0 Å². The minimum Gasteiger partial charge on any atom is -0.338 e. The Bertz CT molecular complexity index is 965. The van der Waals surface area contributed by atoms with Crippen molar-refractivity contribution in [2.75, 3.05) is 13.1 Å². The van der Waals surface area contributed by atoms with E-state index < -0.39 is 0 Å². The molecule has 3 aromatic rings. The number of para-hydroxylation sites is 1. The summed E-state index contributed by atoms with van der Waals surface area (Å²) in [6.07, 6.45) is 0. The van der Waals surface area contributed by atoms with Crippen LogP contribution in [0.4, 0.5) is 0 Å². The Labute approximate surface area is 168 Å². The minimum atomic E-state index is 0.0925. The molecule has 3 nitrogen and oxygen atoms in total. The highest BCUT2D eigenvalue weighted by Crippen LogP contribution is 2.27. The average molecular weight is 375 g/mol.